The number of sulfonamides is 1. The second kappa shape index (κ2) is 16.3. The molecule has 0 unspecified atom stereocenters. The van der Waals surface area contributed by atoms with Gasteiger partial charge in [-0.15, -0.1) is 0 Å². The van der Waals surface area contributed by atoms with Gasteiger partial charge in [0.25, 0.3) is 10.0 Å². The lowest BCUT2D eigenvalue weighted by Gasteiger charge is -2.34. The second-order valence-electron chi connectivity index (χ2n) is 11.8. The average Bonchev–Trinajstić information content (AvgIpc) is 3.07. The predicted molar refractivity (Wildman–Crippen MR) is 187 cm³/mol. The number of hydrogen-bond acceptors (Lipinski definition) is 5. The summed E-state index contributed by atoms with van der Waals surface area (Å²) in [5, 5.41) is 3.07. The molecule has 1 N–H and O–H groups in total. The third-order valence-electron chi connectivity index (χ3n) is 8.07. The third kappa shape index (κ3) is 9.45. The van der Waals surface area contributed by atoms with Crippen LogP contribution in [0, 0.1) is 13.8 Å². The number of anilines is 1. The minimum atomic E-state index is -4.19. The topological polar surface area (TPSA) is 96.0 Å². The quantitative estimate of drug-likeness (QED) is 0.159. The molecule has 47 heavy (non-hydrogen) atoms. The summed E-state index contributed by atoms with van der Waals surface area (Å²) in [6, 6.07) is 29.5. The molecule has 9 heteroatoms. The predicted octanol–water partition coefficient (Wildman–Crippen LogP) is 6.45. The van der Waals surface area contributed by atoms with Gasteiger partial charge in [0.15, 0.2) is 0 Å². The van der Waals surface area contributed by atoms with Crippen LogP contribution in [0.25, 0.3) is 0 Å². The van der Waals surface area contributed by atoms with Crippen molar-refractivity contribution in [3.63, 3.8) is 0 Å². The van der Waals surface area contributed by atoms with Crippen LogP contribution in [0.15, 0.2) is 108 Å². The van der Waals surface area contributed by atoms with Gasteiger partial charge in [-0.3, -0.25) is 13.9 Å². The van der Waals surface area contributed by atoms with Crippen molar-refractivity contribution in [3.05, 3.63) is 125 Å². The number of carbonyl (C=O) groups is 2. The van der Waals surface area contributed by atoms with Crippen LogP contribution in [0.5, 0.6) is 5.75 Å². The Balaban J connectivity index is 1.80. The Morgan fingerprint density at radius 1 is 0.787 bits per heavy atom. The summed E-state index contributed by atoms with van der Waals surface area (Å²) < 4.78 is 35.2. The summed E-state index contributed by atoms with van der Waals surface area (Å²) in [5.41, 5.74) is 3.99. The van der Waals surface area contributed by atoms with E-state index in [1.54, 1.807) is 48.5 Å². The minimum absolute atomic E-state index is 0.0604. The zero-order valence-electron chi connectivity index (χ0n) is 27.8. The first-order chi connectivity index (χ1) is 22.5. The molecular formula is C38H45N3O5S. The molecule has 0 aliphatic heterocycles. The molecule has 0 fully saturated rings. The van der Waals surface area contributed by atoms with Crippen molar-refractivity contribution in [2.75, 3.05) is 17.5 Å². The number of nitrogens with zero attached hydrogens (tertiary/aromatic N) is 2. The molecule has 248 valence electrons. The maximum absolute atomic E-state index is 14.6. The van der Waals surface area contributed by atoms with Crippen molar-refractivity contribution in [2.24, 2.45) is 0 Å². The number of hydrogen-bond donors (Lipinski definition) is 1. The SMILES string of the molecule is CCOc1ccc(N(CC(=O)N(Cc2ccc(C)cc2)[C@H](Cc2ccccc2)C(=O)N[C@@H](C)CC)S(=O)(=O)c2ccc(C)cc2)cc1. The van der Waals surface area contributed by atoms with Gasteiger partial charge < -0.3 is 15.0 Å². The summed E-state index contributed by atoms with van der Waals surface area (Å²) in [6.07, 6.45) is 0.977. The molecule has 4 aromatic carbocycles. The molecule has 8 nitrogen and oxygen atoms in total. The Hall–Kier alpha value is -4.63. The molecule has 2 amide bonds. The summed E-state index contributed by atoms with van der Waals surface area (Å²) in [4.78, 5) is 30.1. The van der Waals surface area contributed by atoms with Gasteiger partial charge in [0.05, 0.1) is 17.2 Å². The molecule has 0 aromatic heterocycles. The van der Waals surface area contributed by atoms with Crippen molar-refractivity contribution in [2.45, 2.75) is 71.0 Å². The highest BCUT2D eigenvalue weighted by molar-refractivity contribution is 7.92. The Kier molecular flexibility index (Phi) is 12.2. The molecule has 0 bridgehead atoms. The molecule has 4 rings (SSSR count). The summed E-state index contributed by atoms with van der Waals surface area (Å²) in [7, 11) is -4.19. The van der Waals surface area contributed by atoms with E-state index in [9.17, 15) is 18.0 Å². The van der Waals surface area contributed by atoms with E-state index in [0.717, 1.165) is 33.0 Å². The molecule has 0 aliphatic carbocycles. The van der Waals surface area contributed by atoms with E-state index in [0.29, 0.717) is 18.0 Å². The number of aryl methyl sites for hydroxylation is 2. The molecule has 0 spiro atoms. The lowest BCUT2D eigenvalue weighted by atomic mass is 10.0. The van der Waals surface area contributed by atoms with E-state index in [1.165, 1.54) is 4.90 Å². The highest BCUT2D eigenvalue weighted by Gasteiger charge is 2.35. The van der Waals surface area contributed by atoms with Gasteiger partial charge in [-0.2, -0.15) is 0 Å². The molecule has 0 heterocycles. The smallest absolute Gasteiger partial charge is 0.264 e. The number of nitrogens with one attached hydrogen (secondary N) is 1. The van der Waals surface area contributed by atoms with Gasteiger partial charge in [0, 0.05) is 19.0 Å². The Morgan fingerprint density at radius 2 is 1.38 bits per heavy atom. The Morgan fingerprint density at radius 3 is 1.96 bits per heavy atom. The first kappa shape index (κ1) is 35.2. The van der Waals surface area contributed by atoms with Crippen LogP contribution >= 0.6 is 0 Å². The lowest BCUT2D eigenvalue weighted by molar-refractivity contribution is -0.140. The van der Waals surface area contributed by atoms with E-state index < -0.39 is 28.5 Å². The number of carbonyl (C=O) groups excluding carboxylic acids is 2. The monoisotopic (exact) mass is 655 g/mol. The first-order valence-electron chi connectivity index (χ1n) is 16.0. The molecule has 0 radical (unpaired) electrons. The van der Waals surface area contributed by atoms with E-state index >= 15 is 0 Å². The largest absolute Gasteiger partial charge is 0.494 e. The van der Waals surface area contributed by atoms with Gasteiger partial charge in [0.2, 0.25) is 11.8 Å². The fraction of sp³-hybridized carbons (Fsp3) is 0.316. The molecule has 0 saturated heterocycles. The minimum Gasteiger partial charge on any atom is -0.494 e. The van der Waals surface area contributed by atoms with Crippen molar-refractivity contribution in [1.29, 1.82) is 0 Å². The van der Waals surface area contributed by atoms with Crippen molar-refractivity contribution >= 4 is 27.5 Å². The maximum atomic E-state index is 14.6. The van der Waals surface area contributed by atoms with Crippen LogP contribution in [0.4, 0.5) is 5.69 Å². The zero-order chi connectivity index (χ0) is 34.0. The van der Waals surface area contributed by atoms with Crippen molar-refractivity contribution in [3.8, 4) is 5.75 Å². The van der Waals surface area contributed by atoms with E-state index in [4.69, 9.17) is 4.74 Å². The van der Waals surface area contributed by atoms with E-state index in [2.05, 4.69) is 5.32 Å². The summed E-state index contributed by atoms with van der Waals surface area (Å²) in [5.74, 6) is -0.214. The van der Waals surface area contributed by atoms with Gasteiger partial charge in [-0.05, 0) is 81.6 Å². The van der Waals surface area contributed by atoms with E-state index in [-0.39, 0.29) is 29.8 Å². The van der Waals surface area contributed by atoms with Gasteiger partial charge >= 0.3 is 0 Å². The van der Waals surface area contributed by atoms with Gasteiger partial charge in [0.1, 0.15) is 18.3 Å². The number of rotatable bonds is 15. The molecular weight excluding hydrogens is 611 g/mol. The maximum Gasteiger partial charge on any atom is 0.264 e. The lowest BCUT2D eigenvalue weighted by Crippen LogP contribution is -2.54. The third-order valence-corrected chi connectivity index (χ3v) is 9.86. The average molecular weight is 656 g/mol. The second-order valence-corrected chi connectivity index (χ2v) is 13.6. The van der Waals surface area contributed by atoms with Crippen LogP contribution in [0.3, 0.4) is 0 Å². The fourth-order valence-corrected chi connectivity index (χ4v) is 6.54. The zero-order valence-corrected chi connectivity index (χ0v) is 28.7. The number of ether oxygens (including phenoxy) is 1. The van der Waals surface area contributed by atoms with Crippen LogP contribution in [0.1, 0.15) is 49.4 Å². The normalized spacial score (nSPS) is 12.5. The van der Waals surface area contributed by atoms with Gasteiger partial charge in [-0.25, -0.2) is 8.42 Å². The molecule has 0 saturated carbocycles. The summed E-state index contributed by atoms with van der Waals surface area (Å²) >= 11 is 0. The van der Waals surface area contributed by atoms with Crippen molar-refractivity contribution in [1.82, 2.24) is 10.2 Å². The standard InChI is InChI=1S/C38H45N3O5S/c1-6-30(5)39-38(43)36(25-31-11-9-8-10-12-31)40(26-32-17-13-28(3)14-18-32)37(42)27-41(33-19-21-34(22-20-33)46-7-2)47(44,45)35-23-15-29(4)16-24-35/h8-24,30,36H,6-7,25-27H2,1-5H3,(H,39,43)/t30-,36+/m0/s1. The van der Waals surface area contributed by atoms with Crippen LogP contribution in [0.2, 0.25) is 0 Å². The van der Waals surface area contributed by atoms with Gasteiger partial charge in [-0.1, -0.05) is 84.8 Å². The van der Waals surface area contributed by atoms with Crippen LogP contribution in [-0.4, -0.2) is 50.4 Å². The number of amides is 2. The van der Waals surface area contributed by atoms with Crippen molar-refractivity contribution < 1.29 is 22.7 Å². The first-order valence-corrected chi connectivity index (χ1v) is 17.5. The highest BCUT2D eigenvalue weighted by atomic mass is 32.2. The molecule has 4 aromatic rings. The fourth-order valence-electron chi connectivity index (χ4n) is 5.13. The Bertz CT molecular complexity index is 1710. The van der Waals surface area contributed by atoms with Crippen LogP contribution in [-0.2, 0) is 32.6 Å². The Labute approximate surface area is 279 Å². The summed E-state index contributed by atoms with van der Waals surface area (Å²) in [6.45, 7) is 9.69. The highest BCUT2D eigenvalue weighted by Crippen LogP contribution is 2.27. The number of benzene rings is 4. The molecule has 0 aliphatic rings. The molecule has 2 atom stereocenters. The van der Waals surface area contributed by atoms with Crippen LogP contribution < -0.4 is 14.4 Å². The van der Waals surface area contributed by atoms with E-state index in [1.807, 2.05) is 89.2 Å².